The fourth-order valence-electron chi connectivity index (χ4n) is 2.17. The Morgan fingerprint density at radius 3 is 2.77 bits per heavy atom. The van der Waals surface area contributed by atoms with Gasteiger partial charge in [0.1, 0.15) is 5.75 Å². The van der Waals surface area contributed by atoms with Crippen LogP contribution in [-0.2, 0) is 4.79 Å². The molecule has 6 nitrogen and oxygen atoms in total. The fourth-order valence-corrected chi connectivity index (χ4v) is 2.79. The van der Waals surface area contributed by atoms with E-state index in [2.05, 4.69) is 10.5 Å². The number of hydrogen-bond donors (Lipinski definition) is 2. The van der Waals surface area contributed by atoms with Gasteiger partial charge in [-0.2, -0.15) is 5.10 Å². The van der Waals surface area contributed by atoms with Crippen molar-refractivity contribution in [2.45, 2.75) is 20.8 Å². The average Bonchev–Trinajstić information content (AvgIpc) is 2.60. The molecule has 0 heterocycles. The smallest absolute Gasteiger partial charge is 0.277 e. The van der Waals surface area contributed by atoms with Crippen LogP contribution in [-0.4, -0.2) is 30.4 Å². The van der Waals surface area contributed by atoms with Crippen molar-refractivity contribution in [1.82, 2.24) is 5.43 Å². The molecule has 2 aromatic carbocycles. The SMILES string of the molecule is CCOc1cc(/C=N\NC(=O)COc2cccc(C)c2C)cc(I)c1O. The van der Waals surface area contributed by atoms with Crippen LogP contribution in [0.4, 0.5) is 0 Å². The first-order chi connectivity index (χ1) is 12.4. The maximum atomic E-state index is 11.9. The Labute approximate surface area is 166 Å². The third-order valence-corrected chi connectivity index (χ3v) is 4.49. The highest BCUT2D eigenvalue weighted by Gasteiger charge is 2.09. The van der Waals surface area contributed by atoms with Crippen molar-refractivity contribution in [3.8, 4) is 17.2 Å². The summed E-state index contributed by atoms with van der Waals surface area (Å²) in [5.41, 5.74) is 5.23. The lowest BCUT2D eigenvalue weighted by Gasteiger charge is -2.10. The fraction of sp³-hybridized carbons (Fsp3) is 0.263. The summed E-state index contributed by atoms with van der Waals surface area (Å²) in [6, 6.07) is 9.09. The van der Waals surface area contributed by atoms with Crippen LogP contribution in [0.1, 0.15) is 23.6 Å². The van der Waals surface area contributed by atoms with Crippen molar-refractivity contribution >= 4 is 34.7 Å². The topological polar surface area (TPSA) is 80.2 Å². The van der Waals surface area contributed by atoms with Gasteiger partial charge >= 0.3 is 0 Å². The van der Waals surface area contributed by atoms with Crippen LogP contribution in [0.25, 0.3) is 0 Å². The Balaban J connectivity index is 1.93. The van der Waals surface area contributed by atoms with Gasteiger partial charge in [0.2, 0.25) is 0 Å². The first kappa shape index (κ1) is 20.0. The highest BCUT2D eigenvalue weighted by atomic mass is 127. The first-order valence-electron chi connectivity index (χ1n) is 8.08. The highest BCUT2D eigenvalue weighted by Crippen LogP contribution is 2.32. The Hall–Kier alpha value is -2.29. The number of amides is 1. The Bertz CT molecular complexity index is 821. The molecule has 0 aliphatic rings. The molecule has 1 amide bonds. The zero-order chi connectivity index (χ0) is 19.1. The molecule has 0 radical (unpaired) electrons. The van der Waals surface area contributed by atoms with E-state index in [1.54, 1.807) is 12.1 Å². The van der Waals surface area contributed by atoms with Crippen LogP contribution < -0.4 is 14.9 Å². The van der Waals surface area contributed by atoms with Gasteiger partial charge in [0, 0.05) is 0 Å². The summed E-state index contributed by atoms with van der Waals surface area (Å²) in [6.07, 6.45) is 1.49. The summed E-state index contributed by atoms with van der Waals surface area (Å²) in [7, 11) is 0. The second kappa shape index (κ2) is 9.42. The largest absolute Gasteiger partial charge is 0.504 e. The van der Waals surface area contributed by atoms with Gasteiger partial charge in [0.15, 0.2) is 18.1 Å². The molecular weight excluding hydrogens is 447 g/mol. The number of carbonyl (C=O) groups excluding carboxylic acids is 1. The minimum atomic E-state index is -0.360. The molecule has 2 rings (SSSR count). The second-order valence-electron chi connectivity index (χ2n) is 5.56. The van der Waals surface area contributed by atoms with Crippen LogP contribution in [0.2, 0.25) is 0 Å². The van der Waals surface area contributed by atoms with Crippen molar-refractivity contribution in [3.63, 3.8) is 0 Å². The molecule has 0 atom stereocenters. The van der Waals surface area contributed by atoms with Gasteiger partial charge in [-0.3, -0.25) is 4.79 Å². The molecule has 0 aliphatic carbocycles. The van der Waals surface area contributed by atoms with Gasteiger partial charge in [-0.15, -0.1) is 0 Å². The zero-order valence-corrected chi connectivity index (χ0v) is 17.0. The number of carbonyl (C=O) groups is 1. The molecule has 138 valence electrons. The van der Waals surface area contributed by atoms with Gasteiger partial charge in [-0.1, -0.05) is 12.1 Å². The number of nitrogens with zero attached hydrogens (tertiary/aromatic N) is 1. The van der Waals surface area contributed by atoms with E-state index in [1.807, 2.05) is 61.6 Å². The normalized spacial score (nSPS) is 10.8. The summed E-state index contributed by atoms with van der Waals surface area (Å²) >= 11 is 2.01. The molecule has 0 saturated heterocycles. The van der Waals surface area contributed by atoms with Crippen molar-refractivity contribution in [2.24, 2.45) is 5.10 Å². The molecule has 0 aromatic heterocycles. The second-order valence-corrected chi connectivity index (χ2v) is 6.72. The maximum absolute atomic E-state index is 11.9. The van der Waals surface area contributed by atoms with Gasteiger partial charge in [0.05, 0.1) is 16.4 Å². The Morgan fingerprint density at radius 1 is 1.27 bits per heavy atom. The first-order valence-corrected chi connectivity index (χ1v) is 9.16. The van der Waals surface area contributed by atoms with Crippen molar-refractivity contribution < 1.29 is 19.4 Å². The number of hydrogen-bond acceptors (Lipinski definition) is 5. The number of benzene rings is 2. The highest BCUT2D eigenvalue weighted by molar-refractivity contribution is 14.1. The molecule has 0 saturated carbocycles. The van der Waals surface area contributed by atoms with Crippen LogP contribution in [0.5, 0.6) is 17.2 Å². The van der Waals surface area contributed by atoms with E-state index in [-0.39, 0.29) is 18.3 Å². The summed E-state index contributed by atoms with van der Waals surface area (Å²) < 4.78 is 11.5. The zero-order valence-electron chi connectivity index (χ0n) is 14.9. The summed E-state index contributed by atoms with van der Waals surface area (Å²) in [5.74, 6) is 0.792. The summed E-state index contributed by atoms with van der Waals surface area (Å²) in [6.45, 7) is 6.09. The van der Waals surface area contributed by atoms with Crippen LogP contribution in [0.15, 0.2) is 35.4 Å². The Morgan fingerprint density at radius 2 is 2.04 bits per heavy atom. The van der Waals surface area contributed by atoms with Gasteiger partial charge in [-0.25, -0.2) is 5.43 Å². The molecule has 2 aromatic rings. The predicted octanol–water partition coefficient (Wildman–Crippen LogP) is 3.54. The predicted molar refractivity (Wildman–Crippen MR) is 109 cm³/mol. The van der Waals surface area contributed by atoms with Crippen LogP contribution in [0.3, 0.4) is 0 Å². The van der Waals surface area contributed by atoms with E-state index in [0.29, 0.717) is 27.2 Å². The van der Waals surface area contributed by atoms with E-state index < -0.39 is 0 Å². The lowest BCUT2D eigenvalue weighted by molar-refractivity contribution is -0.123. The molecule has 0 bridgehead atoms. The quantitative estimate of drug-likeness (QED) is 0.370. The third kappa shape index (κ3) is 5.35. The van der Waals surface area contributed by atoms with E-state index in [0.717, 1.165) is 11.1 Å². The van der Waals surface area contributed by atoms with E-state index in [9.17, 15) is 9.90 Å². The average molecular weight is 468 g/mol. The van der Waals surface area contributed by atoms with Crippen molar-refractivity contribution in [3.05, 3.63) is 50.6 Å². The maximum Gasteiger partial charge on any atom is 0.277 e. The Kier molecular flexibility index (Phi) is 7.26. The molecule has 26 heavy (non-hydrogen) atoms. The minimum absolute atomic E-state index is 0.0931. The van der Waals surface area contributed by atoms with E-state index >= 15 is 0 Å². The summed E-state index contributed by atoms with van der Waals surface area (Å²) in [5, 5.41) is 13.8. The number of aryl methyl sites for hydroxylation is 1. The number of phenolic OH excluding ortho intramolecular Hbond substituents is 1. The van der Waals surface area contributed by atoms with Crippen LogP contribution in [0, 0.1) is 17.4 Å². The molecular formula is C19H21IN2O4. The molecule has 2 N–H and O–H groups in total. The monoisotopic (exact) mass is 468 g/mol. The van der Waals surface area contributed by atoms with Crippen LogP contribution >= 0.6 is 22.6 Å². The lowest BCUT2D eigenvalue weighted by atomic mass is 10.1. The van der Waals surface area contributed by atoms with Gasteiger partial charge in [0.25, 0.3) is 5.91 Å². The number of nitrogens with one attached hydrogen (secondary N) is 1. The third-order valence-electron chi connectivity index (χ3n) is 3.67. The number of rotatable bonds is 7. The minimum Gasteiger partial charge on any atom is -0.504 e. The number of phenols is 1. The van der Waals surface area contributed by atoms with Gasteiger partial charge in [-0.05, 0) is 78.3 Å². The standard InChI is InChI=1S/C19H21IN2O4/c1-4-25-17-9-14(8-15(20)19(17)24)10-21-22-18(23)11-26-16-7-5-6-12(2)13(16)3/h5-10,24H,4,11H2,1-3H3,(H,22,23)/b21-10-. The summed E-state index contributed by atoms with van der Waals surface area (Å²) in [4.78, 5) is 11.9. The number of hydrazone groups is 1. The molecule has 0 unspecified atom stereocenters. The van der Waals surface area contributed by atoms with E-state index in [1.165, 1.54) is 6.21 Å². The number of halogens is 1. The van der Waals surface area contributed by atoms with Crippen molar-refractivity contribution in [1.29, 1.82) is 0 Å². The lowest BCUT2D eigenvalue weighted by Crippen LogP contribution is -2.24. The molecule has 0 aliphatic heterocycles. The molecule has 7 heteroatoms. The molecule has 0 fully saturated rings. The van der Waals surface area contributed by atoms with Crippen molar-refractivity contribution in [2.75, 3.05) is 13.2 Å². The number of aromatic hydroxyl groups is 1. The van der Waals surface area contributed by atoms with E-state index in [4.69, 9.17) is 9.47 Å². The molecule has 0 spiro atoms. The number of ether oxygens (including phenoxy) is 2. The van der Waals surface area contributed by atoms with Gasteiger partial charge < -0.3 is 14.6 Å².